The predicted octanol–water partition coefficient (Wildman–Crippen LogP) is 3.20. The largest absolute Gasteiger partial charge is 0.384 e. The Hall–Kier alpha value is -2.43. The number of hydrogen-bond acceptors (Lipinski definition) is 3. The topological polar surface area (TPSA) is 59.2 Å². The molecule has 2 aromatic rings. The van der Waals surface area contributed by atoms with E-state index in [1.54, 1.807) is 31.3 Å². The van der Waals surface area contributed by atoms with Crippen LogP contribution < -0.4 is 10.6 Å². The fourth-order valence-corrected chi connectivity index (χ4v) is 1.97. The first kappa shape index (κ1) is 15.0. The summed E-state index contributed by atoms with van der Waals surface area (Å²) in [4.78, 5) is 18.2. The highest BCUT2D eigenvalue weighted by atomic mass is 19.1. The van der Waals surface area contributed by atoms with Crippen LogP contribution in [-0.2, 0) is 0 Å². The molecule has 1 aromatic heterocycles. The lowest BCUT2D eigenvalue weighted by atomic mass is 10.1. The van der Waals surface area contributed by atoms with Crippen molar-refractivity contribution in [3.8, 4) is 0 Å². The SMILES string of the molecule is CC(C)c1cc(C(=O)N(C)c2ccc(F)cc2)cc(N)n1. The van der Waals surface area contributed by atoms with E-state index in [2.05, 4.69) is 4.98 Å². The van der Waals surface area contributed by atoms with E-state index in [-0.39, 0.29) is 17.6 Å². The summed E-state index contributed by atoms with van der Waals surface area (Å²) in [7, 11) is 1.64. The highest BCUT2D eigenvalue weighted by molar-refractivity contribution is 6.06. The first-order chi connectivity index (χ1) is 9.88. The number of carbonyl (C=O) groups excluding carboxylic acids is 1. The van der Waals surface area contributed by atoms with Gasteiger partial charge in [-0.25, -0.2) is 9.37 Å². The van der Waals surface area contributed by atoms with Gasteiger partial charge in [0.1, 0.15) is 11.6 Å². The first-order valence-corrected chi connectivity index (χ1v) is 6.69. The molecule has 0 fully saturated rings. The van der Waals surface area contributed by atoms with E-state index >= 15 is 0 Å². The normalized spacial score (nSPS) is 10.7. The second kappa shape index (κ2) is 5.91. The second-order valence-corrected chi connectivity index (χ2v) is 5.20. The predicted molar refractivity (Wildman–Crippen MR) is 81.9 cm³/mol. The number of nitrogen functional groups attached to an aromatic ring is 1. The molecular weight excluding hydrogens is 269 g/mol. The molecule has 110 valence electrons. The van der Waals surface area contributed by atoms with Crippen molar-refractivity contribution in [3.05, 3.63) is 53.5 Å². The van der Waals surface area contributed by atoms with E-state index in [9.17, 15) is 9.18 Å². The Morgan fingerprint density at radius 1 is 1.24 bits per heavy atom. The Labute approximate surface area is 123 Å². The number of aromatic nitrogens is 1. The van der Waals surface area contributed by atoms with Crippen molar-refractivity contribution < 1.29 is 9.18 Å². The van der Waals surface area contributed by atoms with Crippen molar-refractivity contribution in [2.45, 2.75) is 19.8 Å². The quantitative estimate of drug-likeness (QED) is 0.943. The fourth-order valence-electron chi connectivity index (χ4n) is 1.97. The number of rotatable bonds is 3. The minimum atomic E-state index is -0.338. The molecule has 0 aliphatic heterocycles. The van der Waals surface area contributed by atoms with Crippen molar-refractivity contribution in [3.63, 3.8) is 0 Å². The zero-order valence-electron chi connectivity index (χ0n) is 12.3. The van der Waals surface area contributed by atoms with Gasteiger partial charge in [0.15, 0.2) is 0 Å². The van der Waals surface area contributed by atoms with Gasteiger partial charge in [0.25, 0.3) is 5.91 Å². The van der Waals surface area contributed by atoms with Crippen LogP contribution in [0.4, 0.5) is 15.9 Å². The molecule has 2 rings (SSSR count). The molecule has 0 saturated heterocycles. The standard InChI is InChI=1S/C16H18FN3O/c1-10(2)14-8-11(9-15(18)19-14)16(21)20(3)13-6-4-12(17)5-7-13/h4-10H,1-3H3,(H2,18,19). The van der Waals surface area contributed by atoms with Crippen LogP contribution >= 0.6 is 0 Å². The van der Waals surface area contributed by atoms with Gasteiger partial charge in [0, 0.05) is 24.0 Å². The summed E-state index contributed by atoms with van der Waals surface area (Å²) in [6.45, 7) is 3.97. The maximum Gasteiger partial charge on any atom is 0.258 e. The van der Waals surface area contributed by atoms with E-state index in [1.165, 1.54) is 17.0 Å². The number of nitrogens with zero attached hydrogens (tertiary/aromatic N) is 2. The van der Waals surface area contributed by atoms with Crippen molar-refractivity contribution in [2.75, 3.05) is 17.7 Å². The van der Waals surface area contributed by atoms with E-state index in [1.807, 2.05) is 13.8 Å². The highest BCUT2D eigenvalue weighted by Crippen LogP contribution is 2.20. The third-order valence-corrected chi connectivity index (χ3v) is 3.22. The van der Waals surface area contributed by atoms with Gasteiger partial charge in [-0.1, -0.05) is 13.8 Å². The maximum atomic E-state index is 12.9. The summed E-state index contributed by atoms with van der Waals surface area (Å²) < 4.78 is 12.9. The Balaban J connectivity index is 2.33. The van der Waals surface area contributed by atoms with Gasteiger partial charge < -0.3 is 10.6 Å². The molecule has 0 aliphatic rings. The summed E-state index contributed by atoms with van der Waals surface area (Å²) >= 11 is 0. The third kappa shape index (κ3) is 3.37. The van der Waals surface area contributed by atoms with Crippen LogP contribution in [0.1, 0.15) is 35.8 Å². The van der Waals surface area contributed by atoms with Crippen molar-refractivity contribution in [2.24, 2.45) is 0 Å². The summed E-state index contributed by atoms with van der Waals surface area (Å²) in [5.74, 6) is -0.0549. The fraction of sp³-hybridized carbons (Fsp3) is 0.250. The number of halogens is 1. The molecule has 21 heavy (non-hydrogen) atoms. The van der Waals surface area contributed by atoms with Crippen LogP contribution in [0.2, 0.25) is 0 Å². The summed E-state index contributed by atoms with van der Waals surface area (Å²) in [6.07, 6.45) is 0. The number of amides is 1. The van der Waals surface area contributed by atoms with Crippen molar-refractivity contribution in [1.82, 2.24) is 4.98 Å². The lowest BCUT2D eigenvalue weighted by Gasteiger charge is -2.18. The van der Waals surface area contributed by atoms with Crippen LogP contribution in [0.15, 0.2) is 36.4 Å². The van der Waals surface area contributed by atoms with Crippen LogP contribution in [0.5, 0.6) is 0 Å². The molecule has 1 heterocycles. The van der Waals surface area contributed by atoms with Crippen LogP contribution in [-0.4, -0.2) is 17.9 Å². The van der Waals surface area contributed by atoms with E-state index in [4.69, 9.17) is 5.73 Å². The zero-order valence-corrected chi connectivity index (χ0v) is 12.3. The van der Waals surface area contributed by atoms with Gasteiger partial charge in [-0.3, -0.25) is 4.79 Å². The second-order valence-electron chi connectivity index (χ2n) is 5.20. The Kier molecular flexibility index (Phi) is 4.21. The average Bonchev–Trinajstić information content (AvgIpc) is 2.45. The van der Waals surface area contributed by atoms with Crippen molar-refractivity contribution >= 4 is 17.4 Å². The Morgan fingerprint density at radius 3 is 2.43 bits per heavy atom. The van der Waals surface area contributed by atoms with Crippen LogP contribution in [0, 0.1) is 5.82 Å². The minimum Gasteiger partial charge on any atom is -0.384 e. The number of nitrogens with two attached hydrogens (primary N) is 1. The van der Waals surface area contributed by atoms with Gasteiger partial charge >= 0.3 is 0 Å². The molecule has 0 atom stereocenters. The molecule has 0 spiro atoms. The summed E-state index contributed by atoms with van der Waals surface area (Å²) in [5, 5.41) is 0. The molecule has 0 bridgehead atoms. The molecule has 0 saturated carbocycles. The molecule has 0 unspecified atom stereocenters. The summed E-state index contributed by atoms with van der Waals surface area (Å²) in [5.41, 5.74) is 7.62. The number of carbonyl (C=O) groups is 1. The lowest BCUT2D eigenvalue weighted by molar-refractivity contribution is 0.0993. The molecule has 0 aliphatic carbocycles. The highest BCUT2D eigenvalue weighted by Gasteiger charge is 2.16. The smallest absolute Gasteiger partial charge is 0.258 e. The molecule has 2 N–H and O–H groups in total. The maximum absolute atomic E-state index is 12.9. The molecule has 0 radical (unpaired) electrons. The number of anilines is 2. The molecule has 1 amide bonds. The molecule has 1 aromatic carbocycles. The van der Waals surface area contributed by atoms with E-state index < -0.39 is 0 Å². The average molecular weight is 287 g/mol. The van der Waals surface area contributed by atoms with E-state index in [0.717, 1.165) is 5.69 Å². The lowest BCUT2D eigenvalue weighted by Crippen LogP contribution is -2.26. The van der Waals surface area contributed by atoms with Crippen molar-refractivity contribution in [1.29, 1.82) is 0 Å². The molecule has 5 heteroatoms. The van der Waals surface area contributed by atoms with Gasteiger partial charge in [0.2, 0.25) is 0 Å². The number of hydrogen-bond donors (Lipinski definition) is 1. The van der Waals surface area contributed by atoms with Gasteiger partial charge in [-0.15, -0.1) is 0 Å². The first-order valence-electron chi connectivity index (χ1n) is 6.69. The minimum absolute atomic E-state index is 0.177. The van der Waals surface area contributed by atoms with E-state index in [0.29, 0.717) is 17.1 Å². The van der Waals surface area contributed by atoms with Crippen LogP contribution in [0.25, 0.3) is 0 Å². The van der Waals surface area contributed by atoms with Gasteiger partial charge in [-0.2, -0.15) is 0 Å². The Morgan fingerprint density at radius 2 is 1.86 bits per heavy atom. The monoisotopic (exact) mass is 287 g/mol. The summed E-state index contributed by atoms with van der Waals surface area (Å²) in [6, 6.07) is 9.04. The number of pyridine rings is 1. The zero-order chi connectivity index (χ0) is 15.6. The van der Waals surface area contributed by atoms with Gasteiger partial charge in [0.05, 0.1) is 0 Å². The third-order valence-electron chi connectivity index (χ3n) is 3.22. The van der Waals surface area contributed by atoms with Crippen LogP contribution in [0.3, 0.4) is 0 Å². The molecular formula is C16H18FN3O. The molecule has 4 nitrogen and oxygen atoms in total. The number of benzene rings is 1. The van der Waals surface area contributed by atoms with Gasteiger partial charge in [-0.05, 0) is 42.3 Å². The Bertz CT molecular complexity index is 653.